The summed E-state index contributed by atoms with van der Waals surface area (Å²) in [6.07, 6.45) is 5.92. The maximum atomic E-state index is 12.7. The first-order chi connectivity index (χ1) is 12.8. The number of rotatable bonds is 6. The highest BCUT2D eigenvalue weighted by Crippen LogP contribution is 2.25. The van der Waals surface area contributed by atoms with Gasteiger partial charge in [0.15, 0.2) is 0 Å². The summed E-state index contributed by atoms with van der Waals surface area (Å²) >= 11 is 4.68. The lowest BCUT2D eigenvalue weighted by Gasteiger charge is -2.15. The van der Waals surface area contributed by atoms with Gasteiger partial charge >= 0.3 is 0 Å². The van der Waals surface area contributed by atoms with Crippen molar-refractivity contribution in [2.75, 3.05) is 0 Å². The topological polar surface area (TPSA) is 67.8 Å². The quantitative estimate of drug-likeness (QED) is 0.521. The summed E-state index contributed by atoms with van der Waals surface area (Å²) in [5.41, 5.74) is 1.38. The third kappa shape index (κ3) is 3.87. The number of amides is 1. The molecule has 0 aliphatic heterocycles. The van der Waals surface area contributed by atoms with Gasteiger partial charge in [-0.2, -0.15) is 0 Å². The predicted octanol–water partition coefficient (Wildman–Crippen LogP) is 4.44. The Morgan fingerprint density at radius 2 is 1.96 bits per heavy atom. The van der Waals surface area contributed by atoms with Crippen molar-refractivity contribution in [3.63, 3.8) is 0 Å². The number of carbonyl (C=O) groups is 1. The molecule has 130 valence electrons. The highest BCUT2D eigenvalue weighted by molar-refractivity contribution is 7.13. The van der Waals surface area contributed by atoms with E-state index >= 15 is 0 Å². The predicted molar refractivity (Wildman–Crippen MR) is 106 cm³/mol. The number of thiazole rings is 2. The molecule has 1 amide bonds. The van der Waals surface area contributed by atoms with Gasteiger partial charge in [-0.3, -0.25) is 9.78 Å². The average molecular weight is 399 g/mol. The molecule has 1 N–H and O–H groups in total. The van der Waals surface area contributed by atoms with E-state index in [9.17, 15) is 4.79 Å². The summed E-state index contributed by atoms with van der Waals surface area (Å²) in [4.78, 5) is 26.8. The second-order valence-electron chi connectivity index (χ2n) is 5.45. The van der Waals surface area contributed by atoms with Crippen LogP contribution in [0.4, 0.5) is 0 Å². The molecule has 4 aromatic heterocycles. The number of hydrogen-bond donors (Lipinski definition) is 1. The second-order valence-corrected chi connectivity index (χ2v) is 8.27. The number of thiophene rings is 1. The second kappa shape index (κ2) is 7.86. The van der Waals surface area contributed by atoms with Crippen molar-refractivity contribution in [2.24, 2.45) is 0 Å². The molecule has 1 atom stereocenters. The highest BCUT2D eigenvalue weighted by atomic mass is 32.1. The van der Waals surface area contributed by atoms with Crippen molar-refractivity contribution >= 4 is 39.9 Å². The van der Waals surface area contributed by atoms with Crippen LogP contribution in [-0.2, 0) is 6.42 Å². The van der Waals surface area contributed by atoms with Crippen molar-refractivity contribution in [3.8, 4) is 10.6 Å². The van der Waals surface area contributed by atoms with Crippen molar-refractivity contribution in [2.45, 2.75) is 12.5 Å². The van der Waals surface area contributed by atoms with Gasteiger partial charge in [-0.15, -0.1) is 34.0 Å². The number of pyridine rings is 1. The lowest BCUT2D eigenvalue weighted by molar-refractivity contribution is 0.0932. The van der Waals surface area contributed by atoms with Gasteiger partial charge in [-0.25, -0.2) is 9.97 Å². The van der Waals surface area contributed by atoms with Crippen molar-refractivity contribution in [3.05, 3.63) is 74.6 Å². The zero-order chi connectivity index (χ0) is 17.8. The minimum atomic E-state index is -0.182. The molecular weight excluding hydrogens is 384 g/mol. The molecule has 0 aromatic carbocycles. The molecule has 5 nitrogen and oxygen atoms in total. The minimum absolute atomic E-state index is 0.160. The van der Waals surface area contributed by atoms with E-state index in [1.54, 1.807) is 46.6 Å². The van der Waals surface area contributed by atoms with Crippen LogP contribution in [0.2, 0.25) is 0 Å². The molecule has 0 radical (unpaired) electrons. The molecule has 1 unspecified atom stereocenters. The zero-order valence-electron chi connectivity index (χ0n) is 13.5. The average Bonchev–Trinajstić information content (AvgIpc) is 3.43. The monoisotopic (exact) mass is 398 g/mol. The Morgan fingerprint density at radius 3 is 2.69 bits per heavy atom. The van der Waals surface area contributed by atoms with Gasteiger partial charge in [-0.05, 0) is 23.6 Å². The molecule has 26 heavy (non-hydrogen) atoms. The fourth-order valence-corrected chi connectivity index (χ4v) is 4.72. The lowest BCUT2D eigenvalue weighted by atomic mass is 10.2. The van der Waals surface area contributed by atoms with Crippen LogP contribution in [0.1, 0.15) is 26.4 Å². The zero-order valence-corrected chi connectivity index (χ0v) is 16.0. The van der Waals surface area contributed by atoms with Crippen LogP contribution < -0.4 is 5.32 Å². The smallest absolute Gasteiger partial charge is 0.271 e. The van der Waals surface area contributed by atoms with E-state index in [-0.39, 0.29) is 11.9 Å². The van der Waals surface area contributed by atoms with Crippen molar-refractivity contribution in [1.29, 1.82) is 0 Å². The first kappa shape index (κ1) is 17.0. The summed E-state index contributed by atoms with van der Waals surface area (Å²) < 4.78 is 0. The molecule has 0 fully saturated rings. The van der Waals surface area contributed by atoms with Crippen LogP contribution in [0.15, 0.2) is 59.0 Å². The van der Waals surface area contributed by atoms with E-state index in [0.29, 0.717) is 5.69 Å². The van der Waals surface area contributed by atoms with Gasteiger partial charge in [0.2, 0.25) is 0 Å². The Bertz CT molecular complexity index is 965. The largest absolute Gasteiger partial charge is 0.341 e. The Balaban J connectivity index is 1.52. The van der Waals surface area contributed by atoms with Crippen LogP contribution in [0.25, 0.3) is 10.6 Å². The number of nitrogens with zero attached hydrogens (tertiary/aromatic N) is 3. The van der Waals surface area contributed by atoms with Crippen molar-refractivity contribution < 1.29 is 4.79 Å². The molecule has 0 saturated heterocycles. The van der Waals surface area contributed by atoms with Crippen molar-refractivity contribution in [1.82, 2.24) is 20.3 Å². The Hall–Kier alpha value is -2.42. The first-order valence-electron chi connectivity index (χ1n) is 7.88. The Labute approximate surface area is 162 Å². The summed E-state index contributed by atoms with van der Waals surface area (Å²) in [7, 11) is 0. The SMILES string of the molecule is O=C(NC(Cc1cccs1)c1nccs1)c1csc(-c2ccncc2)n1. The number of nitrogens with one attached hydrogen (secondary N) is 1. The molecule has 0 bridgehead atoms. The number of hydrogen-bond acceptors (Lipinski definition) is 7. The molecule has 0 saturated carbocycles. The van der Waals surface area contributed by atoms with E-state index in [1.807, 2.05) is 29.0 Å². The molecular formula is C18H14N4OS3. The van der Waals surface area contributed by atoms with Crippen LogP contribution in [0, 0.1) is 0 Å². The third-order valence-corrected chi connectivity index (χ3v) is 6.38. The standard InChI is InChI=1S/C18H14N4OS3/c23-16(15-11-26-17(22-15)12-3-5-19-6-4-12)21-14(18-20-7-9-25-18)10-13-2-1-8-24-13/h1-9,11,14H,10H2,(H,21,23). The summed E-state index contributed by atoms with van der Waals surface area (Å²) in [6.45, 7) is 0. The van der Waals surface area contributed by atoms with Crippen LogP contribution in [0.5, 0.6) is 0 Å². The van der Waals surface area contributed by atoms with Crippen LogP contribution >= 0.6 is 34.0 Å². The van der Waals surface area contributed by atoms with Gasteiger partial charge in [0.25, 0.3) is 5.91 Å². The summed E-state index contributed by atoms with van der Waals surface area (Å²) in [5, 5.41) is 10.5. The van der Waals surface area contributed by atoms with E-state index in [4.69, 9.17) is 0 Å². The Kier molecular flexibility index (Phi) is 5.14. The van der Waals surface area contributed by atoms with Gasteiger partial charge < -0.3 is 5.32 Å². The van der Waals surface area contributed by atoms with E-state index < -0.39 is 0 Å². The normalized spacial score (nSPS) is 12.0. The summed E-state index contributed by atoms with van der Waals surface area (Å²) in [6, 6.07) is 7.70. The molecule has 4 rings (SSSR count). The third-order valence-electron chi connectivity index (χ3n) is 3.70. The maximum Gasteiger partial charge on any atom is 0.271 e. The fourth-order valence-electron chi connectivity index (χ4n) is 2.47. The molecule has 0 aliphatic carbocycles. The fraction of sp³-hybridized carbons (Fsp3) is 0.111. The van der Waals surface area contributed by atoms with Gasteiger partial charge in [0.1, 0.15) is 15.7 Å². The first-order valence-corrected chi connectivity index (χ1v) is 10.5. The van der Waals surface area contributed by atoms with Gasteiger partial charge in [-0.1, -0.05) is 6.07 Å². The van der Waals surface area contributed by atoms with E-state index in [1.165, 1.54) is 16.2 Å². The Morgan fingerprint density at radius 1 is 1.08 bits per heavy atom. The van der Waals surface area contributed by atoms with E-state index in [0.717, 1.165) is 22.0 Å². The molecule has 4 heterocycles. The molecule has 4 aromatic rings. The lowest BCUT2D eigenvalue weighted by Crippen LogP contribution is -2.30. The summed E-state index contributed by atoms with van der Waals surface area (Å²) in [5.74, 6) is -0.182. The maximum absolute atomic E-state index is 12.7. The highest BCUT2D eigenvalue weighted by Gasteiger charge is 2.21. The number of carbonyl (C=O) groups excluding carboxylic acids is 1. The van der Waals surface area contributed by atoms with Gasteiger partial charge in [0.05, 0.1) is 6.04 Å². The van der Waals surface area contributed by atoms with Gasteiger partial charge in [0, 0.05) is 46.2 Å². The molecule has 0 spiro atoms. The van der Waals surface area contributed by atoms with Crippen LogP contribution in [-0.4, -0.2) is 20.9 Å². The van der Waals surface area contributed by atoms with Crippen LogP contribution in [0.3, 0.4) is 0 Å². The van der Waals surface area contributed by atoms with E-state index in [2.05, 4.69) is 26.3 Å². The molecule has 0 aliphatic rings. The number of aromatic nitrogens is 3. The molecule has 8 heteroatoms. The minimum Gasteiger partial charge on any atom is -0.341 e.